The highest BCUT2D eigenvalue weighted by molar-refractivity contribution is 5.92. The van der Waals surface area contributed by atoms with Gasteiger partial charge in [0.15, 0.2) is 5.75 Å². The summed E-state index contributed by atoms with van der Waals surface area (Å²) < 4.78 is 13.3. The van der Waals surface area contributed by atoms with Crippen molar-refractivity contribution in [2.24, 2.45) is 0 Å². The molecule has 0 saturated heterocycles. The smallest absolute Gasteiger partial charge is 0.327 e. The maximum Gasteiger partial charge on any atom is 0.327 e. The van der Waals surface area contributed by atoms with Gasteiger partial charge in [0.1, 0.15) is 17.9 Å². The van der Waals surface area contributed by atoms with Crippen LogP contribution >= 0.6 is 0 Å². The number of nitrogens with one attached hydrogen (secondary N) is 1. The monoisotopic (exact) mass is 362 g/mol. The molecule has 0 radical (unpaired) electrons. The minimum Gasteiger partial charge on any atom is -0.488 e. The van der Waals surface area contributed by atoms with Gasteiger partial charge in [-0.2, -0.15) is 0 Å². The molecule has 4 aromatic rings. The Balaban J connectivity index is 1.81. The van der Waals surface area contributed by atoms with Crippen molar-refractivity contribution in [3.63, 3.8) is 0 Å². The second-order valence-corrected chi connectivity index (χ2v) is 6.84. The average molecular weight is 362 g/mol. The van der Waals surface area contributed by atoms with E-state index in [0.717, 1.165) is 44.9 Å². The van der Waals surface area contributed by atoms with Gasteiger partial charge in [0.05, 0.1) is 22.8 Å². The molecule has 0 amide bonds. The van der Waals surface area contributed by atoms with E-state index in [4.69, 9.17) is 9.26 Å². The minimum absolute atomic E-state index is 0.154. The topological polar surface area (TPSA) is 85.9 Å². The number of hydrogen-bond acceptors (Lipinski definition) is 5. The predicted molar refractivity (Wildman–Crippen MR) is 100 cm³/mol. The highest BCUT2D eigenvalue weighted by Gasteiger charge is 2.31. The number of aromatic amines is 1. The molecule has 1 N–H and O–H groups in total. The Kier molecular flexibility index (Phi) is 3.28. The molecule has 0 fully saturated rings. The van der Waals surface area contributed by atoms with Crippen LogP contribution < -0.4 is 10.4 Å². The van der Waals surface area contributed by atoms with Gasteiger partial charge in [0.25, 0.3) is 0 Å². The van der Waals surface area contributed by atoms with Gasteiger partial charge in [0, 0.05) is 17.5 Å². The molecular weight excluding hydrogens is 344 g/mol. The zero-order valence-electron chi connectivity index (χ0n) is 15.2. The average Bonchev–Trinajstić information content (AvgIpc) is 3.17. The number of aromatic nitrogens is 4. The van der Waals surface area contributed by atoms with Gasteiger partial charge >= 0.3 is 5.69 Å². The molecule has 3 aromatic heterocycles. The molecule has 1 unspecified atom stereocenters. The summed E-state index contributed by atoms with van der Waals surface area (Å²) in [5, 5.41) is 4.05. The van der Waals surface area contributed by atoms with E-state index in [1.165, 1.54) is 0 Å². The van der Waals surface area contributed by atoms with Crippen molar-refractivity contribution < 1.29 is 9.26 Å². The van der Waals surface area contributed by atoms with Gasteiger partial charge < -0.3 is 14.2 Å². The SMILES string of the molecule is Cc1ncccc1C1COc2c(-c3c(C)noc3C)ccc3[nH]c(=O)n1c23. The first kappa shape index (κ1) is 15.9. The molecule has 5 rings (SSSR count). The van der Waals surface area contributed by atoms with Crippen molar-refractivity contribution in [1.82, 2.24) is 19.7 Å². The molecule has 1 aliphatic heterocycles. The predicted octanol–water partition coefficient (Wildman–Crippen LogP) is 3.29. The van der Waals surface area contributed by atoms with Crippen molar-refractivity contribution in [2.75, 3.05) is 6.61 Å². The van der Waals surface area contributed by atoms with Gasteiger partial charge in [-0.05, 0) is 44.5 Å². The van der Waals surface area contributed by atoms with Crippen LogP contribution in [0.15, 0.2) is 39.8 Å². The van der Waals surface area contributed by atoms with Crippen molar-refractivity contribution in [2.45, 2.75) is 26.8 Å². The Morgan fingerprint density at radius 3 is 2.78 bits per heavy atom. The van der Waals surface area contributed by atoms with Gasteiger partial charge in [-0.25, -0.2) is 4.79 Å². The summed E-state index contributed by atoms with van der Waals surface area (Å²) in [5.41, 5.74) is 5.80. The van der Waals surface area contributed by atoms with Crippen LogP contribution in [-0.2, 0) is 0 Å². The lowest BCUT2D eigenvalue weighted by atomic mass is 9.99. The zero-order chi connectivity index (χ0) is 18.7. The van der Waals surface area contributed by atoms with Crippen LogP contribution in [0, 0.1) is 20.8 Å². The lowest BCUT2D eigenvalue weighted by Crippen LogP contribution is -2.31. The van der Waals surface area contributed by atoms with Crippen LogP contribution in [0.1, 0.15) is 28.8 Å². The highest BCUT2D eigenvalue weighted by atomic mass is 16.5. The van der Waals surface area contributed by atoms with E-state index < -0.39 is 0 Å². The Labute approximate surface area is 154 Å². The molecule has 7 nitrogen and oxygen atoms in total. The fraction of sp³-hybridized carbons (Fsp3) is 0.250. The molecule has 27 heavy (non-hydrogen) atoms. The number of hydrogen-bond donors (Lipinski definition) is 1. The van der Waals surface area contributed by atoms with Crippen molar-refractivity contribution in [1.29, 1.82) is 0 Å². The van der Waals surface area contributed by atoms with Crippen LogP contribution in [0.4, 0.5) is 0 Å². The van der Waals surface area contributed by atoms with E-state index in [0.29, 0.717) is 12.4 Å². The van der Waals surface area contributed by atoms with E-state index >= 15 is 0 Å². The first-order valence-corrected chi connectivity index (χ1v) is 8.81. The number of rotatable bonds is 2. The molecule has 7 heteroatoms. The number of ether oxygens (including phenoxy) is 1. The van der Waals surface area contributed by atoms with Gasteiger partial charge in [-0.15, -0.1) is 0 Å². The Bertz CT molecular complexity index is 1230. The van der Waals surface area contributed by atoms with E-state index in [1.54, 1.807) is 10.8 Å². The van der Waals surface area contributed by atoms with Crippen LogP contribution in [0.3, 0.4) is 0 Å². The van der Waals surface area contributed by atoms with Crippen LogP contribution in [0.5, 0.6) is 5.75 Å². The first-order valence-electron chi connectivity index (χ1n) is 8.81. The van der Waals surface area contributed by atoms with Crippen molar-refractivity contribution >= 4 is 11.0 Å². The normalized spacial score (nSPS) is 15.9. The van der Waals surface area contributed by atoms with E-state index in [2.05, 4.69) is 15.1 Å². The lowest BCUT2D eigenvalue weighted by molar-refractivity contribution is 0.256. The molecule has 0 aliphatic carbocycles. The Morgan fingerprint density at radius 2 is 2.04 bits per heavy atom. The first-order chi connectivity index (χ1) is 13.1. The standard InChI is InChI=1S/C20H18N4O3/c1-10-13(5-4-8-21-10)16-9-26-19-14(17-11(2)23-27-12(17)3)6-7-15-18(19)24(16)20(25)22-15/h4-8,16H,9H2,1-3H3,(H,22,25). The fourth-order valence-corrected chi connectivity index (χ4v) is 4.01. The number of H-pyrrole nitrogens is 1. The molecule has 4 heterocycles. The number of imidazole rings is 1. The summed E-state index contributed by atoms with van der Waals surface area (Å²) >= 11 is 0. The van der Waals surface area contributed by atoms with E-state index in [1.807, 2.05) is 45.0 Å². The molecule has 0 bridgehead atoms. The van der Waals surface area contributed by atoms with Crippen molar-refractivity contribution in [3.05, 3.63) is 63.7 Å². The largest absolute Gasteiger partial charge is 0.488 e. The van der Waals surface area contributed by atoms with Crippen LogP contribution in [0.2, 0.25) is 0 Å². The molecule has 136 valence electrons. The fourth-order valence-electron chi connectivity index (χ4n) is 4.01. The third-order valence-corrected chi connectivity index (χ3v) is 5.24. The van der Waals surface area contributed by atoms with Gasteiger partial charge in [-0.1, -0.05) is 11.2 Å². The van der Waals surface area contributed by atoms with Crippen molar-refractivity contribution in [3.8, 4) is 16.9 Å². The maximum absolute atomic E-state index is 12.8. The molecule has 0 saturated carbocycles. The van der Waals surface area contributed by atoms with Gasteiger partial charge in [-0.3, -0.25) is 9.55 Å². The van der Waals surface area contributed by atoms with E-state index in [-0.39, 0.29) is 11.7 Å². The number of benzene rings is 1. The minimum atomic E-state index is -0.229. The van der Waals surface area contributed by atoms with Crippen LogP contribution in [0.25, 0.3) is 22.2 Å². The van der Waals surface area contributed by atoms with Gasteiger partial charge in [0.2, 0.25) is 0 Å². The zero-order valence-corrected chi connectivity index (χ0v) is 15.2. The highest BCUT2D eigenvalue weighted by Crippen LogP contribution is 2.42. The Morgan fingerprint density at radius 1 is 1.19 bits per heavy atom. The molecular formula is C20H18N4O3. The lowest BCUT2D eigenvalue weighted by Gasteiger charge is -2.27. The Hall–Kier alpha value is -3.35. The number of nitrogens with zero attached hydrogens (tertiary/aromatic N) is 3. The quantitative estimate of drug-likeness (QED) is 0.591. The van der Waals surface area contributed by atoms with Crippen LogP contribution in [-0.4, -0.2) is 26.3 Å². The summed E-state index contributed by atoms with van der Waals surface area (Å²) in [7, 11) is 0. The summed E-state index contributed by atoms with van der Waals surface area (Å²) in [6.07, 6.45) is 1.75. The number of pyridine rings is 1. The second-order valence-electron chi connectivity index (χ2n) is 6.84. The maximum atomic E-state index is 12.8. The summed E-state index contributed by atoms with van der Waals surface area (Å²) in [4.78, 5) is 20.1. The molecule has 0 spiro atoms. The third-order valence-electron chi connectivity index (χ3n) is 5.24. The summed E-state index contributed by atoms with van der Waals surface area (Å²) in [6.45, 7) is 6.07. The number of aryl methyl sites for hydroxylation is 3. The molecule has 1 atom stereocenters. The third kappa shape index (κ3) is 2.17. The molecule has 1 aromatic carbocycles. The summed E-state index contributed by atoms with van der Waals surface area (Å²) in [5.74, 6) is 1.40. The van der Waals surface area contributed by atoms with E-state index in [9.17, 15) is 4.79 Å². The second kappa shape index (κ2) is 5.57. The summed E-state index contributed by atoms with van der Waals surface area (Å²) in [6, 6.07) is 7.49. The molecule has 1 aliphatic rings.